The molecule has 1 aliphatic rings. The van der Waals surface area contributed by atoms with Gasteiger partial charge >= 0.3 is 0 Å². The van der Waals surface area contributed by atoms with Crippen LogP contribution in [0.2, 0.25) is 0 Å². The lowest BCUT2D eigenvalue weighted by Gasteiger charge is -2.27. The second-order valence-electron chi connectivity index (χ2n) is 7.97. The van der Waals surface area contributed by atoms with Crippen molar-refractivity contribution in [1.82, 2.24) is 19.8 Å². The molecule has 0 unspecified atom stereocenters. The topological polar surface area (TPSA) is 62.2 Å². The summed E-state index contributed by atoms with van der Waals surface area (Å²) in [5.74, 6) is -0.0335. The third-order valence-corrected chi connectivity index (χ3v) is 5.86. The third-order valence-electron chi connectivity index (χ3n) is 5.51. The summed E-state index contributed by atoms with van der Waals surface area (Å²) in [4.78, 5) is 19.2. The summed E-state index contributed by atoms with van der Waals surface area (Å²) < 4.78 is 2.19. The van der Waals surface area contributed by atoms with Crippen molar-refractivity contribution in [3.8, 4) is 0 Å². The Labute approximate surface area is 188 Å². The van der Waals surface area contributed by atoms with Gasteiger partial charge in [0.05, 0.1) is 17.8 Å². The van der Waals surface area contributed by atoms with E-state index in [1.807, 2.05) is 48.5 Å². The zero-order valence-corrected chi connectivity index (χ0v) is 18.5. The molecule has 6 nitrogen and oxygen atoms in total. The van der Waals surface area contributed by atoms with Crippen LogP contribution < -0.4 is 10.6 Å². The molecule has 160 valence electrons. The van der Waals surface area contributed by atoms with Crippen LogP contribution in [0.15, 0.2) is 73.2 Å². The van der Waals surface area contributed by atoms with Crippen molar-refractivity contribution < 1.29 is 4.79 Å². The van der Waals surface area contributed by atoms with E-state index < -0.39 is 0 Å². The highest BCUT2D eigenvalue weighted by atomic mass is 32.1. The molecule has 1 fully saturated rings. The monoisotopic (exact) mass is 433 g/mol. The number of hydrogen-bond acceptors (Lipinski definition) is 3. The SMILES string of the molecule is CC(C)n1ccc([C@H]2[C@H](c3ccccn3)NC(=S)N2CCC(=O)Nc2ccccc2)c1. The smallest absolute Gasteiger partial charge is 0.226 e. The highest BCUT2D eigenvalue weighted by molar-refractivity contribution is 7.80. The molecule has 0 spiro atoms. The van der Waals surface area contributed by atoms with Crippen LogP contribution in [0.4, 0.5) is 5.69 Å². The van der Waals surface area contributed by atoms with Gasteiger partial charge in [-0.25, -0.2) is 0 Å². The third kappa shape index (κ3) is 4.77. The molecule has 2 N–H and O–H groups in total. The van der Waals surface area contributed by atoms with E-state index in [1.54, 1.807) is 6.20 Å². The molecule has 2 aromatic heterocycles. The number of carbonyl (C=O) groups is 1. The summed E-state index contributed by atoms with van der Waals surface area (Å²) in [5.41, 5.74) is 2.88. The van der Waals surface area contributed by atoms with Crippen LogP contribution in [0, 0.1) is 0 Å². The molecular formula is C24H27N5OS. The fraction of sp³-hybridized carbons (Fsp3) is 0.292. The first kappa shape index (κ1) is 21.1. The van der Waals surface area contributed by atoms with Crippen LogP contribution in [0.25, 0.3) is 0 Å². The summed E-state index contributed by atoms with van der Waals surface area (Å²) in [6, 6.07) is 17.8. The molecule has 0 radical (unpaired) electrons. The van der Waals surface area contributed by atoms with Gasteiger partial charge in [-0.2, -0.15) is 0 Å². The van der Waals surface area contributed by atoms with E-state index in [1.165, 1.54) is 0 Å². The normalized spacial score (nSPS) is 18.3. The molecule has 3 aromatic rings. The quantitative estimate of drug-likeness (QED) is 0.539. The van der Waals surface area contributed by atoms with Crippen molar-refractivity contribution >= 4 is 28.9 Å². The largest absolute Gasteiger partial charge is 0.352 e. The van der Waals surface area contributed by atoms with Gasteiger partial charge in [0.15, 0.2) is 5.11 Å². The Hall–Kier alpha value is -3.19. The van der Waals surface area contributed by atoms with E-state index in [0.29, 0.717) is 24.1 Å². The molecule has 1 amide bonds. The van der Waals surface area contributed by atoms with Gasteiger partial charge in [-0.05, 0) is 62.0 Å². The van der Waals surface area contributed by atoms with E-state index >= 15 is 0 Å². The van der Waals surface area contributed by atoms with Crippen LogP contribution in [-0.4, -0.2) is 32.0 Å². The molecule has 0 saturated carbocycles. The second-order valence-corrected chi connectivity index (χ2v) is 8.36. The fourth-order valence-corrected chi connectivity index (χ4v) is 4.24. The summed E-state index contributed by atoms with van der Waals surface area (Å²) in [5, 5.41) is 7.03. The summed E-state index contributed by atoms with van der Waals surface area (Å²) in [6.45, 7) is 4.83. The van der Waals surface area contributed by atoms with Crippen molar-refractivity contribution in [1.29, 1.82) is 0 Å². The molecule has 3 heterocycles. The lowest BCUT2D eigenvalue weighted by atomic mass is 9.99. The number of thiocarbonyl (C=S) groups is 1. The van der Waals surface area contributed by atoms with Gasteiger partial charge in [0.1, 0.15) is 0 Å². The Morgan fingerprint density at radius 2 is 1.94 bits per heavy atom. The van der Waals surface area contributed by atoms with Crippen LogP contribution in [-0.2, 0) is 4.79 Å². The average Bonchev–Trinajstić information content (AvgIpc) is 3.38. The van der Waals surface area contributed by atoms with Crippen LogP contribution >= 0.6 is 12.2 Å². The minimum Gasteiger partial charge on any atom is -0.352 e. The predicted molar refractivity (Wildman–Crippen MR) is 127 cm³/mol. The van der Waals surface area contributed by atoms with E-state index in [2.05, 4.69) is 57.4 Å². The maximum absolute atomic E-state index is 12.5. The van der Waals surface area contributed by atoms with Gasteiger partial charge in [-0.3, -0.25) is 9.78 Å². The number of amides is 1. The van der Waals surface area contributed by atoms with Crippen LogP contribution in [0.1, 0.15) is 49.7 Å². The Bertz CT molecular complexity index is 1030. The van der Waals surface area contributed by atoms with Gasteiger partial charge in [0, 0.05) is 43.3 Å². The van der Waals surface area contributed by atoms with Crippen LogP contribution in [0.3, 0.4) is 0 Å². The van der Waals surface area contributed by atoms with Crippen molar-refractivity contribution in [3.63, 3.8) is 0 Å². The molecular weight excluding hydrogens is 406 g/mol. The first-order valence-corrected chi connectivity index (χ1v) is 10.9. The van der Waals surface area contributed by atoms with E-state index in [4.69, 9.17) is 12.2 Å². The van der Waals surface area contributed by atoms with Crippen molar-refractivity contribution in [2.24, 2.45) is 0 Å². The van der Waals surface area contributed by atoms with Crippen molar-refractivity contribution in [2.75, 3.05) is 11.9 Å². The van der Waals surface area contributed by atoms with Crippen LogP contribution in [0.5, 0.6) is 0 Å². The number of benzene rings is 1. The number of nitrogens with zero attached hydrogens (tertiary/aromatic N) is 3. The standard InChI is InChI=1S/C24H27N5OS/c1-17(2)28-14-11-18(16-28)23-22(20-10-6-7-13-25-20)27-24(31)29(23)15-12-21(30)26-19-8-4-3-5-9-19/h3-11,13-14,16-17,22-23H,12,15H2,1-2H3,(H,26,30)(H,27,31)/t22-,23-/m0/s1. The number of hydrogen-bond donors (Lipinski definition) is 2. The fourth-order valence-electron chi connectivity index (χ4n) is 3.90. The van der Waals surface area contributed by atoms with Crippen molar-refractivity contribution in [2.45, 2.75) is 38.4 Å². The first-order chi connectivity index (χ1) is 15.0. The Kier molecular flexibility index (Phi) is 6.32. The maximum atomic E-state index is 12.5. The van der Waals surface area contributed by atoms with E-state index in [9.17, 15) is 4.79 Å². The highest BCUT2D eigenvalue weighted by Gasteiger charge is 2.40. The number of pyridine rings is 1. The minimum atomic E-state index is -0.0751. The average molecular weight is 434 g/mol. The van der Waals surface area contributed by atoms with Gasteiger partial charge < -0.3 is 20.1 Å². The Morgan fingerprint density at radius 1 is 1.16 bits per heavy atom. The zero-order valence-electron chi connectivity index (χ0n) is 17.7. The highest BCUT2D eigenvalue weighted by Crippen LogP contribution is 2.39. The van der Waals surface area contributed by atoms with E-state index in [-0.39, 0.29) is 18.0 Å². The molecule has 31 heavy (non-hydrogen) atoms. The maximum Gasteiger partial charge on any atom is 0.226 e. The van der Waals surface area contributed by atoms with Gasteiger partial charge in [0.2, 0.25) is 5.91 Å². The Balaban J connectivity index is 1.55. The molecule has 1 aromatic carbocycles. The lowest BCUT2D eigenvalue weighted by Crippen LogP contribution is -2.32. The molecule has 4 rings (SSSR count). The zero-order chi connectivity index (χ0) is 21.8. The van der Waals surface area contributed by atoms with Gasteiger partial charge in [-0.1, -0.05) is 24.3 Å². The molecule has 0 bridgehead atoms. The number of aromatic nitrogens is 2. The predicted octanol–water partition coefficient (Wildman–Crippen LogP) is 4.47. The number of anilines is 1. The number of nitrogens with one attached hydrogen (secondary N) is 2. The number of rotatable bonds is 7. The summed E-state index contributed by atoms with van der Waals surface area (Å²) in [6.07, 6.45) is 6.40. The van der Waals surface area contributed by atoms with Crippen molar-refractivity contribution in [3.05, 3.63) is 84.4 Å². The lowest BCUT2D eigenvalue weighted by molar-refractivity contribution is -0.116. The number of para-hydroxylation sites is 1. The van der Waals surface area contributed by atoms with E-state index in [0.717, 1.165) is 16.9 Å². The molecule has 1 aliphatic heterocycles. The Morgan fingerprint density at radius 3 is 2.61 bits per heavy atom. The first-order valence-electron chi connectivity index (χ1n) is 10.5. The summed E-state index contributed by atoms with van der Waals surface area (Å²) >= 11 is 5.68. The minimum absolute atomic E-state index is 0.0335. The van der Waals surface area contributed by atoms with Gasteiger partial charge in [-0.15, -0.1) is 0 Å². The van der Waals surface area contributed by atoms with Gasteiger partial charge in [0.25, 0.3) is 0 Å². The molecule has 7 heteroatoms. The summed E-state index contributed by atoms with van der Waals surface area (Å²) in [7, 11) is 0. The molecule has 1 saturated heterocycles. The molecule has 0 aliphatic carbocycles. The second kappa shape index (κ2) is 9.31. The number of carbonyl (C=O) groups excluding carboxylic acids is 1. The molecule has 2 atom stereocenters.